The maximum Gasteiger partial charge on any atom is 0.315 e. The molecule has 5 heteroatoms. The molecule has 2 amide bonds. The predicted octanol–water partition coefficient (Wildman–Crippen LogP) is 1.91. The van der Waals surface area contributed by atoms with Crippen LogP contribution in [0.4, 0.5) is 4.79 Å². The van der Waals surface area contributed by atoms with Crippen molar-refractivity contribution >= 4 is 12.0 Å². The second-order valence-electron chi connectivity index (χ2n) is 4.63. The van der Waals surface area contributed by atoms with E-state index in [9.17, 15) is 9.59 Å². The summed E-state index contributed by atoms with van der Waals surface area (Å²) in [6, 6.07) is 7.61. The molecule has 0 saturated carbocycles. The number of nitrogens with one attached hydrogen (secondary N) is 2. The van der Waals surface area contributed by atoms with Gasteiger partial charge >= 0.3 is 12.0 Å². The van der Waals surface area contributed by atoms with Gasteiger partial charge in [0, 0.05) is 13.1 Å². The molecule has 0 aliphatic carbocycles. The van der Waals surface area contributed by atoms with E-state index in [0.717, 1.165) is 11.1 Å². The summed E-state index contributed by atoms with van der Waals surface area (Å²) in [4.78, 5) is 22.1. The summed E-state index contributed by atoms with van der Waals surface area (Å²) in [5.74, 6) is -1.29. The Kier molecular flexibility index (Phi) is 5.85. The second-order valence-corrected chi connectivity index (χ2v) is 4.63. The van der Waals surface area contributed by atoms with Crippen LogP contribution in [0.5, 0.6) is 0 Å². The molecule has 1 aromatic rings. The molecule has 0 radical (unpaired) electrons. The van der Waals surface area contributed by atoms with Gasteiger partial charge in [-0.25, -0.2) is 4.79 Å². The molecule has 1 unspecified atom stereocenters. The number of aryl methyl sites for hydroxylation is 1. The second kappa shape index (κ2) is 7.41. The van der Waals surface area contributed by atoms with Crippen molar-refractivity contribution in [3.8, 4) is 0 Å². The Bertz CT molecular complexity index is 446. The first kappa shape index (κ1) is 15.0. The summed E-state index contributed by atoms with van der Waals surface area (Å²) in [6.45, 7) is 4.43. The Morgan fingerprint density at radius 2 is 2.05 bits per heavy atom. The zero-order chi connectivity index (χ0) is 14.3. The van der Waals surface area contributed by atoms with E-state index in [4.69, 9.17) is 5.11 Å². The molecule has 1 atom stereocenters. The molecule has 0 fully saturated rings. The maximum absolute atomic E-state index is 11.5. The Morgan fingerprint density at radius 3 is 2.68 bits per heavy atom. The monoisotopic (exact) mass is 264 g/mol. The van der Waals surface area contributed by atoms with Crippen molar-refractivity contribution in [1.82, 2.24) is 10.6 Å². The highest BCUT2D eigenvalue weighted by Gasteiger charge is 2.10. The smallest absolute Gasteiger partial charge is 0.315 e. The molecule has 19 heavy (non-hydrogen) atoms. The van der Waals surface area contributed by atoms with E-state index in [1.54, 1.807) is 6.92 Å². The normalized spacial score (nSPS) is 11.7. The summed E-state index contributed by atoms with van der Waals surface area (Å²) in [5.41, 5.74) is 2.18. The lowest BCUT2D eigenvalue weighted by molar-refractivity contribution is -0.141. The van der Waals surface area contributed by atoms with Gasteiger partial charge in [0.25, 0.3) is 0 Å². The topological polar surface area (TPSA) is 78.4 Å². The van der Waals surface area contributed by atoms with Crippen LogP contribution in [-0.2, 0) is 11.3 Å². The average molecular weight is 264 g/mol. The SMILES string of the molecule is Cc1cccc(CNC(=O)NCCC(C)C(=O)O)c1. The summed E-state index contributed by atoms with van der Waals surface area (Å²) in [7, 11) is 0. The van der Waals surface area contributed by atoms with Crippen molar-refractivity contribution in [2.75, 3.05) is 6.54 Å². The molecule has 1 rings (SSSR count). The number of amides is 2. The number of benzene rings is 1. The van der Waals surface area contributed by atoms with E-state index in [-0.39, 0.29) is 6.03 Å². The van der Waals surface area contributed by atoms with Crippen LogP contribution in [0.2, 0.25) is 0 Å². The summed E-state index contributed by atoms with van der Waals surface area (Å²) in [5, 5.41) is 14.1. The highest BCUT2D eigenvalue weighted by Crippen LogP contribution is 2.03. The zero-order valence-corrected chi connectivity index (χ0v) is 11.3. The van der Waals surface area contributed by atoms with Gasteiger partial charge in [-0.3, -0.25) is 4.79 Å². The number of hydrogen-bond donors (Lipinski definition) is 3. The highest BCUT2D eigenvalue weighted by atomic mass is 16.4. The van der Waals surface area contributed by atoms with Crippen molar-refractivity contribution in [3.05, 3.63) is 35.4 Å². The maximum atomic E-state index is 11.5. The van der Waals surface area contributed by atoms with Crippen molar-refractivity contribution in [2.45, 2.75) is 26.8 Å². The van der Waals surface area contributed by atoms with E-state index in [1.807, 2.05) is 31.2 Å². The average Bonchev–Trinajstić information content (AvgIpc) is 2.36. The molecule has 5 nitrogen and oxygen atoms in total. The van der Waals surface area contributed by atoms with Crippen LogP contribution in [0.3, 0.4) is 0 Å². The molecule has 1 aromatic carbocycles. The zero-order valence-electron chi connectivity index (χ0n) is 11.3. The Labute approximate surface area is 113 Å². The number of rotatable bonds is 6. The lowest BCUT2D eigenvalue weighted by Gasteiger charge is -2.09. The van der Waals surface area contributed by atoms with Gasteiger partial charge in [-0.1, -0.05) is 36.8 Å². The number of carbonyl (C=O) groups excluding carboxylic acids is 1. The predicted molar refractivity (Wildman–Crippen MR) is 72.8 cm³/mol. The minimum atomic E-state index is -0.845. The molecule has 0 heterocycles. The van der Waals surface area contributed by atoms with Gasteiger partial charge in [-0.15, -0.1) is 0 Å². The number of carbonyl (C=O) groups is 2. The van der Waals surface area contributed by atoms with Gasteiger partial charge in [0.2, 0.25) is 0 Å². The highest BCUT2D eigenvalue weighted by molar-refractivity contribution is 5.74. The fourth-order valence-corrected chi connectivity index (χ4v) is 1.59. The van der Waals surface area contributed by atoms with E-state index in [1.165, 1.54) is 0 Å². The Morgan fingerprint density at radius 1 is 1.32 bits per heavy atom. The van der Waals surface area contributed by atoms with Crippen molar-refractivity contribution in [1.29, 1.82) is 0 Å². The van der Waals surface area contributed by atoms with Crippen LogP contribution >= 0.6 is 0 Å². The number of urea groups is 1. The molecule has 0 saturated heterocycles. The fraction of sp³-hybridized carbons (Fsp3) is 0.429. The van der Waals surface area contributed by atoms with E-state index in [0.29, 0.717) is 19.5 Å². The summed E-state index contributed by atoms with van der Waals surface area (Å²) in [6.07, 6.45) is 0.424. The quantitative estimate of drug-likeness (QED) is 0.734. The lowest BCUT2D eigenvalue weighted by Crippen LogP contribution is -2.36. The standard InChI is InChI=1S/C14H20N2O3/c1-10-4-3-5-12(8-10)9-16-14(19)15-7-6-11(2)13(17)18/h3-5,8,11H,6-7,9H2,1-2H3,(H,17,18)(H2,15,16,19). The minimum Gasteiger partial charge on any atom is -0.481 e. The van der Waals surface area contributed by atoms with Gasteiger partial charge in [0.1, 0.15) is 0 Å². The lowest BCUT2D eigenvalue weighted by atomic mass is 10.1. The first-order valence-corrected chi connectivity index (χ1v) is 6.29. The molecule has 0 aliphatic rings. The van der Waals surface area contributed by atoms with E-state index in [2.05, 4.69) is 10.6 Å². The Hall–Kier alpha value is -2.04. The molecule has 0 bridgehead atoms. The van der Waals surface area contributed by atoms with Crippen LogP contribution < -0.4 is 10.6 Å². The van der Waals surface area contributed by atoms with Crippen LogP contribution in [0.1, 0.15) is 24.5 Å². The van der Waals surface area contributed by atoms with Gasteiger partial charge in [-0.2, -0.15) is 0 Å². The minimum absolute atomic E-state index is 0.279. The van der Waals surface area contributed by atoms with Gasteiger partial charge < -0.3 is 15.7 Å². The van der Waals surface area contributed by atoms with Crippen molar-refractivity contribution in [3.63, 3.8) is 0 Å². The number of carboxylic acid groups (broad SMARTS) is 1. The fourth-order valence-electron chi connectivity index (χ4n) is 1.59. The van der Waals surface area contributed by atoms with Gasteiger partial charge in [0.05, 0.1) is 5.92 Å². The number of aliphatic carboxylic acids is 1. The van der Waals surface area contributed by atoms with Crippen LogP contribution in [0.25, 0.3) is 0 Å². The van der Waals surface area contributed by atoms with E-state index < -0.39 is 11.9 Å². The largest absolute Gasteiger partial charge is 0.481 e. The first-order chi connectivity index (χ1) is 8.99. The Balaban J connectivity index is 2.23. The third-order valence-corrected chi connectivity index (χ3v) is 2.82. The van der Waals surface area contributed by atoms with Crippen LogP contribution in [0.15, 0.2) is 24.3 Å². The molecule has 104 valence electrons. The summed E-state index contributed by atoms with van der Waals surface area (Å²) < 4.78 is 0. The molecule has 3 N–H and O–H groups in total. The molecule has 0 aliphatic heterocycles. The molecular formula is C14H20N2O3. The van der Waals surface area contributed by atoms with Crippen LogP contribution in [0, 0.1) is 12.8 Å². The van der Waals surface area contributed by atoms with E-state index >= 15 is 0 Å². The van der Waals surface area contributed by atoms with Gasteiger partial charge in [0.15, 0.2) is 0 Å². The third kappa shape index (κ3) is 5.90. The molecule has 0 spiro atoms. The third-order valence-electron chi connectivity index (χ3n) is 2.82. The number of carboxylic acids is 1. The number of hydrogen-bond acceptors (Lipinski definition) is 2. The molecule has 0 aromatic heterocycles. The van der Waals surface area contributed by atoms with Crippen molar-refractivity contribution < 1.29 is 14.7 Å². The first-order valence-electron chi connectivity index (χ1n) is 6.29. The molecular weight excluding hydrogens is 244 g/mol. The summed E-state index contributed by atoms with van der Waals surface area (Å²) >= 11 is 0. The van der Waals surface area contributed by atoms with Crippen LogP contribution in [-0.4, -0.2) is 23.7 Å². The van der Waals surface area contributed by atoms with Gasteiger partial charge in [-0.05, 0) is 18.9 Å². The van der Waals surface area contributed by atoms with Crippen molar-refractivity contribution in [2.24, 2.45) is 5.92 Å².